The third-order valence-corrected chi connectivity index (χ3v) is 6.57. The maximum atomic E-state index is 10.0. The first-order valence-corrected chi connectivity index (χ1v) is 12.3. The Bertz CT molecular complexity index is 719. The topological polar surface area (TPSA) is 90.3 Å². The molecule has 3 rings (SSSR count). The zero-order chi connectivity index (χ0) is 23.6. The Kier molecular flexibility index (Phi) is 9.85. The van der Waals surface area contributed by atoms with Crippen LogP contribution in [0.4, 0.5) is 0 Å². The van der Waals surface area contributed by atoms with Crippen LogP contribution in [0, 0.1) is 5.92 Å². The van der Waals surface area contributed by atoms with Crippen LogP contribution in [-0.4, -0.2) is 65.4 Å². The first kappa shape index (κ1) is 26.3. The normalized spacial score (nSPS) is 26.7. The maximum Gasteiger partial charge on any atom is 0.173 e. The maximum absolute atomic E-state index is 10.0. The Balaban J connectivity index is 1.38. The number of rotatable bonds is 13. The van der Waals surface area contributed by atoms with Gasteiger partial charge in [-0.1, -0.05) is 31.1 Å². The van der Waals surface area contributed by atoms with E-state index in [1.807, 2.05) is 38.2 Å². The molecule has 0 aromatic carbocycles. The van der Waals surface area contributed by atoms with E-state index in [-0.39, 0.29) is 19.1 Å². The van der Waals surface area contributed by atoms with Crippen molar-refractivity contribution >= 4 is 0 Å². The molecular formula is C26H41NO6. The van der Waals surface area contributed by atoms with Gasteiger partial charge in [0.05, 0.1) is 26.4 Å². The lowest BCUT2D eigenvalue weighted by Crippen LogP contribution is -2.57. The fourth-order valence-corrected chi connectivity index (χ4v) is 4.80. The van der Waals surface area contributed by atoms with Gasteiger partial charge in [-0.2, -0.15) is 0 Å². The summed E-state index contributed by atoms with van der Waals surface area (Å²) < 4.78 is 23.8. The number of aliphatic hydroxyl groups is 2. The summed E-state index contributed by atoms with van der Waals surface area (Å²) >= 11 is 0. The molecule has 0 amide bonds. The van der Waals surface area contributed by atoms with E-state index in [1.165, 1.54) is 0 Å². The van der Waals surface area contributed by atoms with E-state index in [0.717, 1.165) is 44.2 Å². The number of aliphatic hydroxyl groups excluding tert-OH is 2. The van der Waals surface area contributed by atoms with Crippen LogP contribution in [0.1, 0.15) is 64.5 Å². The second-order valence-electron chi connectivity index (χ2n) is 9.60. The second kappa shape index (κ2) is 12.4. The van der Waals surface area contributed by atoms with Gasteiger partial charge in [0, 0.05) is 43.7 Å². The molecule has 7 heteroatoms. The van der Waals surface area contributed by atoms with Crippen molar-refractivity contribution < 1.29 is 29.2 Å². The molecule has 1 aromatic rings. The minimum absolute atomic E-state index is 0.0315. The minimum Gasteiger partial charge on any atom is -0.396 e. The number of aromatic nitrogens is 1. The second-order valence-corrected chi connectivity index (χ2v) is 9.60. The molecule has 0 radical (unpaired) electrons. The van der Waals surface area contributed by atoms with Gasteiger partial charge >= 0.3 is 0 Å². The fraction of sp³-hybridized carbons (Fsp3) is 0.731. The third-order valence-electron chi connectivity index (χ3n) is 6.57. The predicted molar refractivity (Wildman–Crippen MR) is 126 cm³/mol. The summed E-state index contributed by atoms with van der Waals surface area (Å²) in [6.07, 6.45) is 13.4. The highest BCUT2D eigenvalue weighted by Crippen LogP contribution is 2.38. The van der Waals surface area contributed by atoms with Gasteiger partial charge in [-0.3, -0.25) is 4.98 Å². The molecule has 0 bridgehead atoms. The van der Waals surface area contributed by atoms with Crippen LogP contribution < -0.4 is 0 Å². The Morgan fingerprint density at radius 1 is 1.03 bits per heavy atom. The molecule has 2 fully saturated rings. The Labute approximate surface area is 198 Å². The lowest BCUT2D eigenvalue weighted by molar-refractivity contribution is -0.334. The molecule has 2 aliphatic heterocycles. The highest BCUT2D eigenvalue weighted by molar-refractivity contribution is 5.06. The van der Waals surface area contributed by atoms with Crippen molar-refractivity contribution in [2.24, 2.45) is 5.92 Å². The van der Waals surface area contributed by atoms with Crippen molar-refractivity contribution in [2.45, 2.75) is 82.4 Å². The van der Waals surface area contributed by atoms with Gasteiger partial charge in [0.25, 0.3) is 0 Å². The van der Waals surface area contributed by atoms with Crippen molar-refractivity contribution in [1.82, 2.24) is 4.98 Å². The van der Waals surface area contributed by atoms with Gasteiger partial charge in [0.2, 0.25) is 0 Å². The molecule has 0 spiro atoms. The summed E-state index contributed by atoms with van der Waals surface area (Å²) in [6, 6.07) is 5.94. The van der Waals surface area contributed by atoms with Crippen LogP contribution >= 0.6 is 0 Å². The van der Waals surface area contributed by atoms with Crippen molar-refractivity contribution in [2.75, 3.05) is 33.0 Å². The van der Waals surface area contributed by atoms with Gasteiger partial charge in [-0.25, -0.2) is 0 Å². The largest absolute Gasteiger partial charge is 0.396 e. The van der Waals surface area contributed by atoms with Gasteiger partial charge in [-0.15, -0.1) is 0 Å². The summed E-state index contributed by atoms with van der Waals surface area (Å²) in [5.74, 6) is -1.36. The van der Waals surface area contributed by atoms with Crippen LogP contribution in [0.25, 0.3) is 0 Å². The summed E-state index contributed by atoms with van der Waals surface area (Å²) in [6.45, 7) is 5.29. The highest BCUT2D eigenvalue weighted by Gasteiger charge is 2.47. The lowest BCUT2D eigenvalue weighted by Gasteiger charge is -2.48. The molecule has 186 valence electrons. The number of pyridine rings is 1. The molecule has 0 aliphatic carbocycles. The van der Waals surface area contributed by atoms with Gasteiger partial charge < -0.3 is 29.2 Å². The van der Waals surface area contributed by atoms with Crippen molar-refractivity contribution in [3.63, 3.8) is 0 Å². The van der Waals surface area contributed by atoms with Crippen LogP contribution in [0.2, 0.25) is 0 Å². The van der Waals surface area contributed by atoms with Gasteiger partial charge in [0.15, 0.2) is 11.6 Å². The van der Waals surface area contributed by atoms with Crippen LogP contribution in [0.5, 0.6) is 0 Å². The van der Waals surface area contributed by atoms with E-state index in [9.17, 15) is 10.2 Å². The zero-order valence-electron chi connectivity index (χ0n) is 20.2. The smallest absolute Gasteiger partial charge is 0.173 e. The predicted octanol–water partition coefficient (Wildman–Crippen LogP) is 3.78. The van der Waals surface area contributed by atoms with Crippen LogP contribution in [-0.2, 0) is 25.4 Å². The van der Waals surface area contributed by atoms with Crippen molar-refractivity contribution in [1.29, 1.82) is 0 Å². The Hall–Kier alpha value is -1.35. The average Bonchev–Trinajstić information content (AvgIpc) is 3.25. The number of unbranched alkanes of at least 4 members (excludes halogenated alkanes) is 4. The SMILES string of the molecule is CC1(C)OC[C@@H](/C=C/CCCCCCC2(Cc3ccccn3)OCCO2)[C@](CO)(CCO)O1. The number of hydrogen-bond acceptors (Lipinski definition) is 7. The molecule has 0 unspecified atom stereocenters. The lowest BCUT2D eigenvalue weighted by atomic mass is 9.83. The Morgan fingerprint density at radius 3 is 2.52 bits per heavy atom. The minimum atomic E-state index is -0.795. The van der Waals surface area contributed by atoms with Gasteiger partial charge in [0.1, 0.15) is 5.60 Å². The summed E-state index contributed by atoms with van der Waals surface area (Å²) in [4.78, 5) is 4.42. The zero-order valence-corrected chi connectivity index (χ0v) is 20.2. The van der Waals surface area contributed by atoms with E-state index < -0.39 is 17.2 Å². The van der Waals surface area contributed by atoms with Crippen LogP contribution in [0.15, 0.2) is 36.5 Å². The quantitative estimate of drug-likeness (QED) is 0.340. The molecule has 7 nitrogen and oxygen atoms in total. The average molecular weight is 464 g/mol. The molecule has 3 heterocycles. The van der Waals surface area contributed by atoms with E-state index in [2.05, 4.69) is 17.1 Å². The van der Waals surface area contributed by atoms with Crippen molar-refractivity contribution in [3.05, 3.63) is 42.2 Å². The monoisotopic (exact) mass is 463 g/mol. The number of hydrogen-bond donors (Lipinski definition) is 2. The molecule has 2 atom stereocenters. The molecular weight excluding hydrogens is 422 g/mol. The third kappa shape index (κ3) is 7.57. The molecule has 2 N–H and O–H groups in total. The van der Waals surface area contributed by atoms with E-state index in [4.69, 9.17) is 18.9 Å². The summed E-state index contributed by atoms with van der Waals surface area (Å²) in [5, 5.41) is 19.5. The fourth-order valence-electron chi connectivity index (χ4n) is 4.80. The molecule has 2 saturated heterocycles. The molecule has 2 aliphatic rings. The molecule has 1 aromatic heterocycles. The summed E-state index contributed by atoms with van der Waals surface area (Å²) in [7, 11) is 0. The van der Waals surface area contributed by atoms with Gasteiger partial charge in [-0.05, 0) is 45.2 Å². The molecule has 33 heavy (non-hydrogen) atoms. The molecule has 0 saturated carbocycles. The Morgan fingerprint density at radius 2 is 1.82 bits per heavy atom. The first-order valence-electron chi connectivity index (χ1n) is 12.3. The number of nitrogens with zero attached hydrogens (tertiary/aromatic N) is 1. The highest BCUT2D eigenvalue weighted by atomic mass is 16.7. The number of allylic oxidation sites excluding steroid dienone is 1. The standard InChI is InChI=1S/C26H41NO6/c1-24(2)32-20-22(25(21-29,33-24)14-16-28)11-7-5-3-4-6-9-13-26(30-17-18-31-26)19-23-12-8-10-15-27-23/h7-8,10-12,15,22,28-29H,3-6,9,13-14,16-21H2,1-2H3/b11-7+/t22-,25-/m1/s1. The first-order chi connectivity index (χ1) is 15.9. The summed E-state index contributed by atoms with van der Waals surface area (Å²) in [5.41, 5.74) is 0.208. The van der Waals surface area contributed by atoms with E-state index in [0.29, 0.717) is 32.7 Å². The van der Waals surface area contributed by atoms with Crippen LogP contribution in [0.3, 0.4) is 0 Å². The van der Waals surface area contributed by atoms with E-state index in [1.54, 1.807) is 0 Å². The van der Waals surface area contributed by atoms with Crippen molar-refractivity contribution in [3.8, 4) is 0 Å². The number of ether oxygens (including phenoxy) is 4. The van der Waals surface area contributed by atoms with E-state index >= 15 is 0 Å².